The van der Waals surface area contributed by atoms with Gasteiger partial charge in [0.25, 0.3) is 5.91 Å². The fourth-order valence-electron chi connectivity index (χ4n) is 2.54. The van der Waals surface area contributed by atoms with E-state index in [0.717, 1.165) is 31.8 Å². The number of nitrogens with one attached hydrogen (secondary N) is 2. The second-order valence-corrected chi connectivity index (χ2v) is 5.88. The molecule has 1 aliphatic carbocycles. The molecule has 1 fully saturated rings. The fourth-order valence-corrected chi connectivity index (χ4v) is 2.54. The first-order valence-corrected chi connectivity index (χ1v) is 8.20. The third-order valence-electron chi connectivity index (χ3n) is 3.89. The van der Waals surface area contributed by atoms with Gasteiger partial charge in [-0.3, -0.25) is 10.1 Å². The highest BCUT2D eigenvalue weighted by Crippen LogP contribution is 2.17. The van der Waals surface area contributed by atoms with Crippen LogP contribution in [0.25, 0.3) is 6.08 Å². The molecule has 1 aromatic rings. The SMILES string of the molecule is C[C@@H](OC(=O)/C=C/c1ccccc1F)C(=O)NC(=O)NC1CCCC1. The van der Waals surface area contributed by atoms with Crippen LogP contribution in [0.2, 0.25) is 0 Å². The lowest BCUT2D eigenvalue weighted by molar-refractivity contribution is -0.149. The lowest BCUT2D eigenvalue weighted by Crippen LogP contribution is -2.47. The van der Waals surface area contributed by atoms with Crippen LogP contribution < -0.4 is 10.6 Å². The van der Waals surface area contributed by atoms with E-state index in [-0.39, 0.29) is 11.6 Å². The van der Waals surface area contributed by atoms with Crippen LogP contribution in [-0.4, -0.2) is 30.1 Å². The van der Waals surface area contributed by atoms with E-state index in [1.807, 2.05) is 0 Å². The Hall–Kier alpha value is -2.70. The number of rotatable bonds is 5. The molecule has 134 valence electrons. The number of urea groups is 1. The number of carbonyl (C=O) groups excluding carboxylic acids is 3. The van der Waals surface area contributed by atoms with E-state index in [0.29, 0.717) is 0 Å². The minimum Gasteiger partial charge on any atom is -0.449 e. The Labute approximate surface area is 145 Å². The second kappa shape index (κ2) is 8.96. The average Bonchev–Trinajstić information content (AvgIpc) is 3.06. The summed E-state index contributed by atoms with van der Waals surface area (Å²) < 4.78 is 18.3. The average molecular weight is 348 g/mol. The van der Waals surface area contributed by atoms with E-state index in [4.69, 9.17) is 4.74 Å². The van der Waals surface area contributed by atoms with E-state index in [1.165, 1.54) is 31.2 Å². The van der Waals surface area contributed by atoms with Crippen LogP contribution in [0.15, 0.2) is 30.3 Å². The Kier molecular flexibility index (Phi) is 6.68. The summed E-state index contributed by atoms with van der Waals surface area (Å²) in [6, 6.07) is 5.42. The van der Waals surface area contributed by atoms with E-state index in [9.17, 15) is 18.8 Å². The Morgan fingerprint density at radius 2 is 1.92 bits per heavy atom. The molecule has 3 amide bonds. The van der Waals surface area contributed by atoms with Crippen molar-refractivity contribution < 1.29 is 23.5 Å². The Balaban J connectivity index is 1.78. The van der Waals surface area contributed by atoms with Crippen molar-refractivity contribution in [1.82, 2.24) is 10.6 Å². The van der Waals surface area contributed by atoms with Crippen molar-refractivity contribution in [1.29, 1.82) is 0 Å². The molecule has 0 unspecified atom stereocenters. The third-order valence-corrected chi connectivity index (χ3v) is 3.89. The van der Waals surface area contributed by atoms with Gasteiger partial charge in [-0.25, -0.2) is 14.0 Å². The number of amides is 3. The van der Waals surface area contributed by atoms with Gasteiger partial charge in [0.15, 0.2) is 6.10 Å². The normalized spacial score (nSPS) is 15.8. The number of imide groups is 1. The predicted octanol–water partition coefficient (Wildman–Crippen LogP) is 2.54. The number of hydrogen-bond donors (Lipinski definition) is 2. The van der Waals surface area contributed by atoms with Crippen LogP contribution in [0.4, 0.5) is 9.18 Å². The smallest absolute Gasteiger partial charge is 0.331 e. The minimum atomic E-state index is -1.15. The first-order chi connectivity index (χ1) is 12.0. The van der Waals surface area contributed by atoms with Crippen molar-refractivity contribution >= 4 is 24.0 Å². The molecular formula is C18H21FN2O4. The molecule has 7 heteroatoms. The van der Waals surface area contributed by atoms with Crippen molar-refractivity contribution in [2.45, 2.75) is 44.8 Å². The summed E-state index contributed by atoms with van der Waals surface area (Å²) in [5, 5.41) is 4.85. The Morgan fingerprint density at radius 1 is 1.24 bits per heavy atom. The van der Waals surface area contributed by atoms with Gasteiger partial charge in [0.2, 0.25) is 0 Å². The molecule has 0 aromatic heterocycles. The van der Waals surface area contributed by atoms with Crippen molar-refractivity contribution in [3.05, 3.63) is 41.7 Å². The highest BCUT2D eigenvalue weighted by molar-refractivity contribution is 5.98. The third kappa shape index (κ3) is 6.02. The van der Waals surface area contributed by atoms with Gasteiger partial charge in [-0.15, -0.1) is 0 Å². The number of benzene rings is 1. The van der Waals surface area contributed by atoms with E-state index < -0.39 is 29.8 Å². The molecule has 0 heterocycles. The summed E-state index contributed by atoms with van der Waals surface area (Å²) in [6.07, 6.45) is 5.05. The van der Waals surface area contributed by atoms with Crippen LogP contribution in [0.1, 0.15) is 38.2 Å². The molecular weight excluding hydrogens is 327 g/mol. The van der Waals surface area contributed by atoms with Gasteiger partial charge in [0.05, 0.1) is 0 Å². The summed E-state index contributed by atoms with van der Waals surface area (Å²) in [5.74, 6) is -1.99. The highest BCUT2D eigenvalue weighted by atomic mass is 19.1. The topological polar surface area (TPSA) is 84.5 Å². The van der Waals surface area contributed by atoms with Gasteiger partial charge >= 0.3 is 12.0 Å². The zero-order valence-corrected chi connectivity index (χ0v) is 14.0. The van der Waals surface area contributed by atoms with Crippen LogP contribution in [0, 0.1) is 5.82 Å². The van der Waals surface area contributed by atoms with E-state index >= 15 is 0 Å². The van der Waals surface area contributed by atoms with Gasteiger partial charge in [-0.2, -0.15) is 0 Å². The largest absolute Gasteiger partial charge is 0.449 e. The van der Waals surface area contributed by atoms with Gasteiger partial charge in [-0.1, -0.05) is 31.0 Å². The number of carbonyl (C=O) groups is 3. The Bertz CT molecular complexity index is 669. The minimum absolute atomic E-state index is 0.0781. The molecule has 0 spiro atoms. The van der Waals surface area contributed by atoms with Gasteiger partial charge in [0.1, 0.15) is 5.82 Å². The molecule has 6 nitrogen and oxygen atoms in total. The molecule has 2 rings (SSSR count). The highest BCUT2D eigenvalue weighted by Gasteiger charge is 2.22. The van der Waals surface area contributed by atoms with Crippen molar-refractivity contribution in [3.63, 3.8) is 0 Å². The van der Waals surface area contributed by atoms with Gasteiger partial charge in [-0.05, 0) is 31.9 Å². The lowest BCUT2D eigenvalue weighted by Gasteiger charge is -2.15. The van der Waals surface area contributed by atoms with Gasteiger partial charge in [0, 0.05) is 17.7 Å². The van der Waals surface area contributed by atoms with E-state index in [2.05, 4.69) is 10.6 Å². The predicted molar refractivity (Wildman–Crippen MR) is 89.9 cm³/mol. The Morgan fingerprint density at radius 3 is 2.60 bits per heavy atom. The van der Waals surface area contributed by atoms with Crippen molar-refractivity contribution in [2.75, 3.05) is 0 Å². The first-order valence-electron chi connectivity index (χ1n) is 8.20. The maximum absolute atomic E-state index is 13.4. The first kappa shape index (κ1) is 18.6. The lowest BCUT2D eigenvalue weighted by atomic mass is 10.2. The van der Waals surface area contributed by atoms with Crippen molar-refractivity contribution in [3.8, 4) is 0 Å². The number of halogens is 1. The number of hydrogen-bond acceptors (Lipinski definition) is 4. The van der Waals surface area contributed by atoms with Crippen LogP contribution in [0.5, 0.6) is 0 Å². The number of esters is 1. The summed E-state index contributed by atoms with van der Waals surface area (Å²) in [4.78, 5) is 35.3. The zero-order chi connectivity index (χ0) is 18.2. The molecule has 1 aliphatic rings. The summed E-state index contributed by atoms with van der Waals surface area (Å²) >= 11 is 0. The second-order valence-electron chi connectivity index (χ2n) is 5.88. The molecule has 2 N–H and O–H groups in total. The molecule has 0 aliphatic heterocycles. The zero-order valence-electron chi connectivity index (χ0n) is 14.0. The summed E-state index contributed by atoms with van der Waals surface area (Å²) in [5.41, 5.74) is 0.229. The van der Waals surface area contributed by atoms with Crippen LogP contribution in [-0.2, 0) is 14.3 Å². The molecule has 0 saturated heterocycles. The summed E-state index contributed by atoms with van der Waals surface area (Å²) in [6.45, 7) is 1.35. The molecule has 1 saturated carbocycles. The monoisotopic (exact) mass is 348 g/mol. The summed E-state index contributed by atoms with van der Waals surface area (Å²) in [7, 11) is 0. The number of ether oxygens (including phenoxy) is 1. The molecule has 1 atom stereocenters. The fraction of sp³-hybridized carbons (Fsp3) is 0.389. The quantitative estimate of drug-likeness (QED) is 0.633. The van der Waals surface area contributed by atoms with Crippen LogP contribution in [0.3, 0.4) is 0 Å². The van der Waals surface area contributed by atoms with Crippen molar-refractivity contribution in [2.24, 2.45) is 0 Å². The molecule has 0 radical (unpaired) electrons. The molecule has 0 bridgehead atoms. The molecule has 25 heavy (non-hydrogen) atoms. The maximum atomic E-state index is 13.4. The van der Waals surface area contributed by atoms with Gasteiger partial charge < -0.3 is 10.1 Å². The standard InChI is InChI=1S/C18H21FN2O4/c1-12(17(23)21-18(24)20-14-7-3-4-8-14)25-16(22)11-10-13-6-2-5-9-15(13)19/h2,5-6,9-12,14H,3-4,7-8H2,1H3,(H2,20,21,23,24)/b11-10+/t12-/m1/s1. The maximum Gasteiger partial charge on any atom is 0.331 e. The molecule has 1 aromatic carbocycles. The van der Waals surface area contributed by atoms with Crippen LogP contribution >= 0.6 is 0 Å². The van der Waals surface area contributed by atoms with E-state index in [1.54, 1.807) is 6.07 Å².